The van der Waals surface area contributed by atoms with Crippen LogP contribution in [0.25, 0.3) is 0 Å². The quantitative estimate of drug-likeness (QED) is 0.832. The Morgan fingerprint density at radius 3 is 2.61 bits per heavy atom. The molecule has 1 fully saturated rings. The van der Waals surface area contributed by atoms with Crippen LogP contribution < -0.4 is 5.32 Å². The fraction of sp³-hybridized carbons (Fsp3) is 0.500. The van der Waals surface area contributed by atoms with Crippen LogP contribution in [0, 0.1) is 0 Å². The maximum atomic E-state index is 10.8. The first kappa shape index (κ1) is 13.1. The molecule has 0 spiro atoms. The lowest BCUT2D eigenvalue weighted by Gasteiger charge is -2.23. The third kappa shape index (κ3) is 3.82. The summed E-state index contributed by atoms with van der Waals surface area (Å²) in [7, 11) is 0. The van der Waals surface area contributed by atoms with Crippen molar-refractivity contribution in [3.8, 4) is 0 Å². The van der Waals surface area contributed by atoms with Crippen molar-refractivity contribution in [3.05, 3.63) is 35.4 Å². The van der Waals surface area contributed by atoms with Gasteiger partial charge in [-0.3, -0.25) is 4.79 Å². The van der Waals surface area contributed by atoms with Crippen molar-refractivity contribution < 1.29 is 14.6 Å². The number of carboxylic acid groups (broad SMARTS) is 1. The number of aliphatic carboxylic acids is 1. The van der Waals surface area contributed by atoms with Crippen LogP contribution in [0.3, 0.4) is 0 Å². The highest BCUT2D eigenvalue weighted by Crippen LogP contribution is 2.12. The van der Waals surface area contributed by atoms with Gasteiger partial charge < -0.3 is 15.2 Å². The Morgan fingerprint density at radius 2 is 1.94 bits per heavy atom. The van der Waals surface area contributed by atoms with E-state index in [0.717, 1.165) is 43.7 Å². The van der Waals surface area contributed by atoms with Gasteiger partial charge in [0.25, 0.3) is 0 Å². The van der Waals surface area contributed by atoms with E-state index in [0.29, 0.717) is 6.04 Å². The Kier molecular flexibility index (Phi) is 4.73. The van der Waals surface area contributed by atoms with Crippen molar-refractivity contribution in [2.45, 2.75) is 31.8 Å². The number of ether oxygens (including phenoxy) is 1. The molecule has 2 rings (SSSR count). The lowest BCUT2D eigenvalue weighted by molar-refractivity contribution is -0.136. The Morgan fingerprint density at radius 1 is 1.28 bits per heavy atom. The number of benzene rings is 1. The van der Waals surface area contributed by atoms with E-state index in [1.807, 2.05) is 24.3 Å². The lowest BCUT2D eigenvalue weighted by atomic mass is 10.0. The topological polar surface area (TPSA) is 58.6 Å². The highest BCUT2D eigenvalue weighted by Gasteiger charge is 2.13. The molecule has 18 heavy (non-hydrogen) atoms. The minimum absolute atomic E-state index is 0.0889. The molecule has 4 heteroatoms. The summed E-state index contributed by atoms with van der Waals surface area (Å²) >= 11 is 0. The predicted octanol–water partition coefficient (Wildman–Crippen LogP) is 1.58. The van der Waals surface area contributed by atoms with Crippen molar-refractivity contribution in [3.63, 3.8) is 0 Å². The third-order valence-corrected chi connectivity index (χ3v) is 3.26. The summed E-state index contributed by atoms with van der Waals surface area (Å²) < 4.78 is 5.31. The number of rotatable bonds is 5. The molecular weight excluding hydrogens is 230 g/mol. The SMILES string of the molecule is O=C(O)Cc1ccccc1CNC1CCOCC1. The first-order chi connectivity index (χ1) is 8.75. The molecule has 1 saturated heterocycles. The molecule has 1 aromatic rings. The fourth-order valence-electron chi connectivity index (χ4n) is 2.22. The molecule has 4 nitrogen and oxygen atoms in total. The van der Waals surface area contributed by atoms with E-state index in [2.05, 4.69) is 5.32 Å². The molecule has 0 radical (unpaired) electrons. The summed E-state index contributed by atoms with van der Waals surface area (Å²) in [6.45, 7) is 2.36. The number of nitrogens with one attached hydrogen (secondary N) is 1. The zero-order valence-corrected chi connectivity index (χ0v) is 10.4. The monoisotopic (exact) mass is 249 g/mol. The second-order valence-electron chi connectivity index (χ2n) is 4.61. The highest BCUT2D eigenvalue weighted by molar-refractivity contribution is 5.70. The van der Waals surface area contributed by atoms with Crippen LogP contribution >= 0.6 is 0 Å². The normalized spacial score (nSPS) is 16.7. The van der Waals surface area contributed by atoms with Gasteiger partial charge in [0.05, 0.1) is 6.42 Å². The molecule has 0 saturated carbocycles. The molecule has 2 N–H and O–H groups in total. The first-order valence-corrected chi connectivity index (χ1v) is 6.35. The van der Waals surface area contributed by atoms with E-state index < -0.39 is 5.97 Å². The maximum absolute atomic E-state index is 10.8. The van der Waals surface area contributed by atoms with E-state index in [1.54, 1.807) is 0 Å². The van der Waals surface area contributed by atoms with Crippen molar-refractivity contribution in [1.82, 2.24) is 5.32 Å². The van der Waals surface area contributed by atoms with Gasteiger partial charge in [-0.2, -0.15) is 0 Å². The molecule has 0 bridgehead atoms. The predicted molar refractivity (Wildman–Crippen MR) is 68.5 cm³/mol. The van der Waals surface area contributed by atoms with E-state index in [1.165, 1.54) is 0 Å². The second-order valence-corrected chi connectivity index (χ2v) is 4.61. The van der Waals surface area contributed by atoms with Gasteiger partial charge in [-0.1, -0.05) is 24.3 Å². The molecule has 1 heterocycles. The van der Waals surface area contributed by atoms with Crippen LogP contribution in [0.2, 0.25) is 0 Å². The van der Waals surface area contributed by atoms with Crippen LogP contribution in [0.4, 0.5) is 0 Å². The Balaban J connectivity index is 1.93. The standard InChI is InChI=1S/C14H19NO3/c16-14(17)9-11-3-1-2-4-12(11)10-15-13-5-7-18-8-6-13/h1-4,13,15H,5-10H2,(H,16,17). The first-order valence-electron chi connectivity index (χ1n) is 6.35. The number of carboxylic acids is 1. The summed E-state index contributed by atoms with van der Waals surface area (Å²) in [5, 5.41) is 12.3. The van der Waals surface area contributed by atoms with E-state index in [9.17, 15) is 4.79 Å². The summed E-state index contributed by atoms with van der Waals surface area (Å²) in [5.74, 6) is -0.784. The average molecular weight is 249 g/mol. The van der Waals surface area contributed by atoms with Crippen molar-refractivity contribution in [1.29, 1.82) is 0 Å². The molecule has 1 aliphatic rings. The van der Waals surface area contributed by atoms with Crippen LogP contribution in [0.15, 0.2) is 24.3 Å². The zero-order valence-electron chi connectivity index (χ0n) is 10.4. The molecule has 1 aliphatic heterocycles. The van der Waals surface area contributed by atoms with E-state index in [-0.39, 0.29) is 6.42 Å². The summed E-state index contributed by atoms with van der Waals surface area (Å²) in [6, 6.07) is 8.19. The lowest BCUT2D eigenvalue weighted by Crippen LogP contribution is -2.34. The largest absolute Gasteiger partial charge is 0.481 e. The van der Waals surface area contributed by atoms with E-state index in [4.69, 9.17) is 9.84 Å². The van der Waals surface area contributed by atoms with Gasteiger partial charge in [0.2, 0.25) is 0 Å². The minimum Gasteiger partial charge on any atom is -0.481 e. The van der Waals surface area contributed by atoms with Crippen LogP contribution in [-0.2, 0) is 22.5 Å². The molecule has 0 unspecified atom stereocenters. The van der Waals surface area contributed by atoms with Gasteiger partial charge in [0.15, 0.2) is 0 Å². The van der Waals surface area contributed by atoms with Gasteiger partial charge in [-0.05, 0) is 24.0 Å². The molecule has 98 valence electrons. The molecular formula is C14H19NO3. The van der Waals surface area contributed by atoms with Gasteiger partial charge in [-0.25, -0.2) is 0 Å². The summed E-state index contributed by atoms with van der Waals surface area (Å²) in [4.78, 5) is 10.8. The summed E-state index contributed by atoms with van der Waals surface area (Å²) in [6.07, 6.45) is 2.15. The molecule has 0 aromatic heterocycles. The third-order valence-electron chi connectivity index (χ3n) is 3.26. The Bertz CT molecular complexity index is 400. The van der Waals surface area contributed by atoms with Gasteiger partial charge in [-0.15, -0.1) is 0 Å². The average Bonchev–Trinajstić information content (AvgIpc) is 2.38. The highest BCUT2D eigenvalue weighted by atomic mass is 16.5. The van der Waals surface area contributed by atoms with Gasteiger partial charge in [0, 0.05) is 25.8 Å². The van der Waals surface area contributed by atoms with Crippen molar-refractivity contribution in [2.24, 2.45) is 0 Å². The fourth-order valence-corrected chi connectivity index (χ4v) is 2.22. The smallest absolute Gasteiger partial charge is 0.307 e. The Hall–Kier alpha value is -1.39. The number of carbonyl (C=O) groups is 1. The Labute approximate surface area is 107 Å². The maximum Gasteiger partial charge on any atom is 0.307 e. The van der Waals surface area contributed by atoms with Gasteiger partial charge in [0.1, 0.15) is 0 Å². The van der Waals surface area contributed by atoms with Crippen LogP contribution in [-0.4, -0.2) is 30.3 Å². The molecule has 0 amide bonds. The number of hydrogen-bond acceptors (Lipinski definition) is 3. The number of hydrogen-bond donors (Lipinski definition) is 2. The van der Waals surface area contributed by atoms with Crippen molar-refractivity contribution >= 4 is 5.97 Å². The second kappa shape index (κ2) is 6.52. The molecule has 0 aliphatic carbocycles. The molecule has 0 atom stereocenters. The van der Waals surface area contributed by atoms with Gasteiger partial charge >= 0.3 is 5.97 Å². The minimum atomic E-state index is -0.784. The van der Waals surface area contributed by atoms with E-state index >= 15 is 0 Å². The zero-order chi connectivity index (χ0) is 12.8. The summed E-state index contributed by atoms with van der Waals surface area (Å²) in [5.41, 5.74) is 1.97. The van der Waals surface area contributed by atoms with Crippen LogP contribution in [0.5, 0.6) is 0 Å². The van der Waals surface area contributed by atoms with Crippen LogP contribution in [0.1, 0.15) is 24.0 Å². The van der Waals surface area contributed by atoms with Crippen molar-refractivity contribution in [2.75, 3.05) is 13.2 Å². The molecule has 1 aromatic carbocycles.